The van der Waals surface area contributed by atoms with Crippen LogP contribution in [0.2, 0.25) is 0 Å². The van der Waals surface area contributed by atoms with Crippen molar-refractivity contribution in [1.82, 2.24) is 10.2 Å². The van der Waals surface area contributed by atoms with Crippen molar-refractivity contribution in [2.75, 3.05) is 0 Å². The minimum Gasteiger partial charge on any atom is -0.335 e. The lowest BCUT2D eigenvalue weighted by Gasteiger charge is -2.47. The fraction of sp³-hybridized carbons (Fsp3) is 0.524. The molecule has 2 aromatic rings. The fourth-order valence-electron chi connectivity index (χ4n) is 4.64. The first-order valence-electron chi connectivity index (χ1n) is 9.77. The van der Waals surface area contributed by atoms with E-state index in [0.29, 0.717) is 0 Å². The third kappa shape index (κ3) is 3.45. The predicted molar refractivity (Wildman–Crippen MR) is 110 cm³/mol. The monoisotopic (exact) mass is 402 g/mol. The molecule has 1 saturated carbocycles. The zero-order valence-corrected chi connectivity index (χ0v) is 17.4. The topological polar surface area (TPSA) is 49.4 Å². The number of carbonyl (C=O) groups is 2. The van der Waals surface area contributed by atoms with Crippen molar-refractivity contribution < 1.29 is 9.59 Å². The summed E-state index contributed by atoms with van der Waals surface area (Å²) in [4.78, 5) is 30.7. The van der Waals surface area contributed by atoms with Crippen LogP contribution in [-0.2, 0) is 4.79 Å². The van der Waals surface area contributed by atoms with E-state index in [-0.39, 0.29) is 41.8 Å². The van der Waals surface area contributed by atoms with Gasteiger partial charge in [-0.05, 0) is 35.7 Å². The average Bonchev–Trinajstić information content (AvgIpc) is 3.41. The molecule has 4 rings (SSSR count). The summed E-state index contributed by atoms with van der Waals surface area (Å²) in [7, 11) is 0. The highest BCUT2D eigenvalue weighted by Crippen LogP contribution is 2.48. The molecule has 1 saturated heterocycles. The highest BCUT2D eigenvalue weighted by atomic mass is 32.1. The summed E-state index contributed by atoms with van der Waals surface area (Å²) in [5.74, 6) is -0.162. The summed E-state index contributed by atoms with van der Waals surface area (Å²) < 4.78 is 0. The molecule has 0 spiro atoms. The molecular formula is C21H26N2O2S2. The van der Waals surface area contributed by atoms with Crippen LogP contribution in [0, 0.1) is 11.8 Å². The molecule has 4 atom stereocenters. The van der Waals surface area contributed by atoms with Gasteiger partial charge in [-0.3, -0.25) is 4.79 Å². The standard InChI is InChI=1S/C21H26N2O2S2/c1-13-18(16-9-5-11-26-16)23(21(25)22-15-7-3-4-8-15)19(14(2)20(13)24)17-10-6-12-27-17/h5-6,9-15,18-19H,3-4,7-8H2,1-2H3,(H,22,25). The van der Waals surface area contributed by atoms with Crippen LogP contribution in [0.15, 0.2) is 35.0 Å². The van der Waals surface area contributed by atoms with Gasteiger partial charge >= 0.3 is 6.03 Å². The van der Waals surface area contributed by atoms with Crippen LogP contribution in [0.4, 0.5) is 4.79 Å². The second kappa shape index (κ2) is 7.76. The lowest BCUT2D eigenvalue weighted by atomic mass is 9.78. The summed E-state index contributed by atoms with van der Waals surface area (Å²) >= 11 is 3.26. The Balaban J connectivity index is 1.74. The number of urea groups is 1. The first-order valence-corrected chi connectivity index (χ1v) is 11.5. The molecule has 4 nitrogen and oxygen atoms in total. The molecule has 0 radical (unpaired) electrons. The predicted octanol–water partition coefficient (Wildman–Crippen LogP) is 5.40. The lowest BCUT2D eigenvalue weighted by Crippen LogP contribution is -2.55. The Labute approximate surface area is 168 Å². The van der Waals surface area contributed by atoms with E-state index in [4.69, 9.17) is 0 Å². The van der Waals surface area contributed by atoms with Gasteiger partial charge in [0, 0.05) is 27.6 Å². The van der Waals surface area contributed by atoms with Crippen molar-refractivity contribution in [1.29, 1.82) is 0 Å². The van der Waals surface area contributed by atoms with E-state index in [2.05, 4.69) is 17.4 Å². The number of carbonyl (C=O) groups excluding carboxylic acids is 2. The maximum absolute atomic E-state index is 13.5. The molecule has 6 heteroatoms. The molecule has 2 fully saturated rings. The zero-order chi connectivity index (χ0) is 19.0. The van der Waals surface area contributed by atoms with Crippen LogP contribution >= 0.6 is 22.7 Å². The lowest BCUT2D eigenvalue weighted by molar-refractivity contribution is -0.135. The molecule has 0 aromatic carbocycles. The Hall–Kier alpha value is -1.66. The van der Waals surface area contributed by atoms with Gasteiger partial charge < -0.3 is 10.2 Å². The summed E-state index contributed by atoms with van der Waals surface area (Å²) in [6, 6.07) is 7.93. The Morgan fingerprint density at radius 1 is 1.00 bits per heavy atom. The van der Waals surface area contributed by atoms with Crippen molar-refractivity contribution in [2.45, 2.75) is 57.7 Å². The Bertz CT molecular complexity index is 731. The maximum Gasteiger partial charge on any atom is 0.318 e. The van der Waals surface area contributed by atoms with Gasteiger partial charge in [0.25, 0.3) is 0 Å². The SMILES string of the molecule is CC1C(=O)C(C)C(c2cccs2)N(C(=O)NC2CCCC2)C1c1cccs1. The third-order valence-electron chi connectivity index (χ3n) is 6.03. The Kier molecular flexibility index (Phi) is 5.37. The number of thiophene rings is 2. The van der Waals surface area contributed by atoms with Crippen molar-refractivity contribution in [2.24, 2.45) is 11.8 Å². The number of rotatable bonds is 3. The van der Waals surface area contributed by atoms with Crippen LogP contribution in [0.1, 0.15) is 61.4 Å². The van der Waals surface area contributed by atoms with Crippen molar-refractivity contribution in [3.8, 4) is 0 Å². The molecular weight excluding hydrogens is 376 g/mol. The van der Waals surface area contributed by atoms with Crippen LogP contribution < -0.4 is 5.32 Å². The molecule has 2 aromatic heterocycles. The average molecular weight is 403 g/mol. The highest BCUT2D eigenvalue weighted by Gasteiger charge is 2.49. The molecule has 1 N–H and O–H groups in total. The van der Waals surface area contributed by atoms with E-state index in [0.717, 1.165) is 22.6 Å². The second-order valence-corrected chi connectivity index (χ2v) is 9.70. The first kappa shape index (κ1) is 18.7. The van der Waals surface area contributed by atoms with E-state index in [1.165, 1.54) is 12.8 Å². The van der Waals surface area contributed by atoms with Gasteiger partial charge in [-0.25, -0.2) is 4.79 Å². The minimum atomic E-state index is -0.206. The fourth-order valence-corrected chi connectivity index (χ4v) is 6.50. The number of amides is 2. The van der Waals surface area contributed by atoms with E-state index in [9.17, 15) is 9.59 Å². The quantitative estimate of drug-likeness (QED) is 0.747. The second-order valence-electron chi connectivity index (χ2n) is 7.74. The first-order chi connectivity index (χ1) is 13.1. The molecule has 1 aliphatic heterocycles. The molecule has 1 aliphatic carbocycles. The van der Waals surface area contributed by atoms with Crippen molar-refractivity contribution in [3.05, 3.63) is 44.8 Å². The number of piperidine rings is 1. The third-order valence-corrected chi connectivity index (χ3v) is 7.92. The molecule has 144 valence electrons. The summed E-state index contributed by atoms with van der Waals surface area (Å²) in [5, 5.41) is 7.32. The van der Waals surface area contributed by atoms with Crippen LogP contribution in [0.25, 0.3) is 0 Å². The molecule has 3 heterocycles. The number of Topliss-reactive ketones (excluding diaryl/α,β-unsaturated/α-hetero) is 1. The van der Waals surface area contributed by atoms with Gasteiger partial charge in [-0.2, -0.15) is 0 Å². The van der Waals surface area contributed by atoms with Crippen LogP contribution in [-0.4, -0.2) is 22.8 Å². The number of hydrogen-bond donors (Lipinski definition) is 1. The maximum atomic E-state index is 13.5. The van der Waals surface area contributed by atoms with Crippen LogP contribution in [0.3, 0.4) is 0 Å². The number of likely N-dealkylation sites (tertiary alicyclic amines) is 1. The Morgan fingerprint density at radius 2 is 1.52 bits per heavy atom. The van der Waals surface area contributed by atoms with E-state index in [1.54, 1.807) is 22.7 Å². The van der Waals surface area contributed by atoms with Gasteiger partial charge in [0.2, 0.25) is 0 Å². The largest absolute Gasteiger partial charge is 0.335 e. The zero-order valence-electron chi connectivity index (χ0n) is 15.8. The highest BCUT2D eigenvalue weighted by molar-refractivity contribution is 7.10. The molecule has 27 heavy (non-hydrogen) atoms. The van der Waals surface area contributed by atoms with Gasteiger partial charge in [0.1, 0.15) is 5.78 Å². The van der Waals surface area contributed by atoms with Crippen molar-refractivity contribution in [3.63, 3.8) is 0 Å². The number of nitrogens with zero attached hydrogens (tertiary/aromatic N) is 1. The van der Waals surface area contributed by atoms with Crippen LogP contribution in [0.5, 0.6) is 0 Å². The molecule has 2 aliphatic rings. The van der Waals surface area contributed by atoms with Gasteiger partial charge in [0.15, 0.2) is 0 Å². The molecule has 2 amide bonds. The van der Waals surface area contributed by atoms with Gasteiger partial charge in [-0.1, -0.05) is 38.8 Å². The van der Waals surface area contributed by atoms with E-state index in [1.807, 2.05) is 41.6 Å². The summed E-state index contributed by atoms with van der Waals surface area (Å²) in [6.07, 6.45) is 4.46. The van der Waals surface area contributed by atoms with Gasteiger partial charge in [0.05, 0.1) is 12.1 Å². The smallest absolute Gasteiger partial charge is 0.318 e. The summed E-state index contributed by atoms with van der Waals surface area (Å²) in [5.41, 5.74) is 0. The van der Waals surface area contributed by atoms with E-state index < -0.39 is 0 Å². The number of nitrogens with one attached hydrogen (secondary N) is 1. The van der Waals surface area contributed by atoms with Crippen molar-refractivity contribution >= 4 is 34.5 Å². The Morgan fingerprint density at radius 3 is 1.96 bits per heavy atom. The minimum absolute atomic E-state index is 0.0232. The van der Waals surface area contributed by atoms with E-state index >= 15 is 0 Å². The molecule has 0 bridgehead atoms. The van der Waals surface area contributed by atoms with Gasteiger partial charge in [-0.15, -0.1) is 22.7 Å². The number of ketones is 1. The summed E-state index contributed by atoms with van der Waals surface area (Å²) in [6.45, 7) is 3.95. The molecule has 4 unspecified atom stereocenters. The number of hydrogen-bond acceptors (Lipinski definition) is 4. The normalized spacial score (nSPS) is 29.3.